The Hall–Kier alpha value is -6.35. The minimum atomic E-state index is -0.490. The molecule has 7 aliphatic heterocycles. The summed E-state index contributed by atoms with van der Waals surface area (Å²) in [7, 11) is 3.61. The molecule has 1 saturated heterocycles. The van der Waals surface area contributed by atoms with Crippen LogP contribution in [0.3, 0.4) is 0 Å². The molecule has 1 unspecified atom stereocenters. The van der Waals surface area contributed by atoms with Gasteiger partial charge in [-0.2, -0.15) is 4.99 Å². The lowest BCUT2D eigenvalue weighted by Crippen LogP contribution is -2.57. The van der Waals surface area contributed by atoms with Gasteiger partial charge >= 0.3 is 0 Å². The number of rotatable bonds is 11. The summed E-state index contributed by atoms with van der Waals surface area (Å²) in [6, 6.07) is 26.4. The van der Waals surface area contributed by atoms with Crippen molar-refractivity contribution in [2.75, 3.05) is 46.9 Å². The highest BCUT2D eigenvalue weighted by Crippen LogP contribution is 2.76. The molecule has 494 valence electrons. The van der Waals surface area contributed by atoms with E-state index in [4.69, 9.17) is 21.2 Å². The number of benzene rings is 3. The van der Waals surface area contributed by atoms with Crippen LogP contribution in [0.2, 0.25) is 0 Å². The fourth-order valence-electron chi connectivity index (χ4n) is 21.9. The van der Waals surface area contributed by atoms with Crippen molar-refractivity contribution >= 4 is 23.1 Å². The van der Waals surface area contributed by atoms with Gasteiger partial charge in [0.2, 0.25) is 5.96 Å². The number of nitrogens with zero attached hydrogens (tertiary/aromatic N) is 1. The monoisotopic (exact) mass is 1260 g/mol. The highest BCUT2D eigenvalue weighted by molar-refractivity contribution is 6.08. The Morgan fingerprint density at radius 3 is 2.62 bits per heavy atom. The number of nitrogens with one attached hydrogen (secondary N) is 6. The molecule has 0 aromatic heterocycles. The number of fused-ring (bicyclic) bond motifs is 3. The van der Waals surface area contributed by atoms with E-state index >= 15 is 0 Å². The van der Waals surface area contributed by atoms with Gasteiger partial charge in [0.1, 0.15) is 5.78 Å². The molecule has 13 aliphatic rings. The molecule has 8 bridgehead atoms. The lowest BCUT2D eigenvalue weighted by molar-refractivity contribution is -0.126. The largest absolute Gasteiger partial charge is 0.504 e. The van der Waals surface area contributed by atoms with Crippen LogP contribution in [0.4, 0.5) is 0 Å². The normalized spacial score (nSPS) is 37.1. The maximum Gasteiger partial charge on any atom is 0.202 e. The number of aromatic hydroxyl groups is 1. The molecule has 3 aromatic carbocycles. The van der Waals surface area contributed by atoms with E-state index in [1.807, 2.05) is 12.3 Å². The highest BCUT2D eigenvalue weighted by atomic mass is 16.5. The van der Waals surface area contributed by atoms with Crippen molar-refractivity contribution in [1.82, 2.24) is 31.9 Å². The summed E-state index contributed by atoms with van der Waals surface area (Å²) in [6.45, 7) is 3.46. The zero-order chi connectivity index (χ0) is 64.0. The Balaban J connectivity index is 0.860. The number of Topliss-reactive ketones (excluding diaryl/α,β-unsaturated/α-hetero) is 1. The van der Waals surface area contributed by atoms with Gasteiger partial charge in [0.05, 0.1) is 38.4 Å². The molecule has 0 amide bonds. The fraction of sp³-hybridized carbons (Fsp3) is 0.577. The van der Waals surface area contributed by atoms with Crippen LogP contribution in [-0.2, 0) is 35.3 Å². The molecular weight excluding hydrogens is 1160 g/mol. The summed E-state index contributed by atoms with van der Waals surface area (Å²) >= 11 is 0. The molecule has 15 heteroatoms. The number of guanidine groups is 1. The van der Waals surface area contributed by atoms with Gasteiger partial charge in [-0.25, -0.2) is 0 Å². The second-order valence-electron chi connectivity index (χ2n) is 30.3. The summed E-state index contributed by atoms with van der Waals surface area (Å²) in [5, 5.41) is 58.5. The number of ketones is 2. The molecular formula is C78H101N9O6. The molecule has 1 spiro atoms. The topological polar surface area (TPSA) is 241 Å². The number of allylic oxidation sites excluding steroid dienone is 3. The van der Waals surface area contributed by atoms with Crippen molar-refractivity contribution in [1.29, 1.82) is 0 Å². The van der Waals surface area contributed by atoms with Crippen molar-refractivity contribution in [3.8, 4) is 23.5 Å². The first-order chi connectivity index (χ1) is 45.3. The van der Waals surface area contributed by atoms with Crippen LogP contribution in [0, 0.1) is 82.0 Å². The van der Waals surface area contributed by atoms with Gasteiger partial charge < -0.3 is 63.4 Å². The average Bonchev–Trinajstić information content (AvgIpc) is 1.51. The highest BCUT2D eigenvalue weighted by Gasteiger charge is 2.73. The molecule has 93 heavy (non-hydrogen) atoms. The maximum absolute atomic E-state index is 14.9. The molecule has 15 nitrogen and oxygen atoms in total. The number of nitrogens with two attached hydrogens (primary N) is 2. The predicted octanol–water partition coefficient (Wildman–Crippen LogP) is 8.24. The Labute approximate surface area is 551 Å². The smallest absolute Gasteiger partial charge is 0.202 e. The lowest BCUT2D eigenvalue weighted by atomic mass is 9.50. The molecule has 6 saturated carbocycles. The Bertz CT molecular complexity index is 3550. The minimum absolute atomic E-state index is 0.0314. The Morgan fingerprint density at radius 1 is 0.925 bits per heavy atom. The number of hydrogen-bond donors (Lipinski definition) is 11. The van der Waals surface area contributed by atoms with Crippen LogP contribution in [0.25, 0.3) is 5.57 Å². The van der Waals surface area contributed by atoms with Crippen molar-refractivity contribution in [3.05, 3.63) is 147 Å². The standard InChI is InChI=1S/C78H101N9O6/c1-81-42-56-39-78-70-21-20-49-28-58(89)35-59(90)31-55(45-88)62-36-69(93-2)68(92)32-52(62)30-54-44-85-72(79)37-63(54)50(27-48-13-6-12-47(26-48)19-18-46-10-4-3-5-11-46)14-8-24-84-76(80)86-57-33-64(56)73(78)65(34-57)61-16-7-17-67(91)75(61)87-71(78)41-77(70,38-49)40-66-60-22-25-82-43-53(60)29-51-15-9-23-83-74(51)66/h3-6,9-13,15,26,31-32,36-37,44,49-51,53,56-57,60,64,66-67,70-75,81-83,85,87-88,91-92H,7,14,16-23,25,27-30,33-35,38-43,45,79H2,1-2H3,(H3,80,84,86)/b55-31+/t49-,50-,51-,53-,56-,57-,60-,64+,66-,67-,70+,71-,72?,73-,74-,75-,77-,78+/m0/s1. The summed E-state index contributed by atoms with van der Waals surface area (Å²) in [5.74, 6) is 7.23. The van der Waals surface area contributed by atoms with Gasteiger partial charge in [-0.15, -0.1) is 0 Å². The van der Waals surface area contributed by atoms with E-state index in [-0.39, 0.29) is 70.3 Å². The Morgan fingerprint density at radius 2 is 1.77 bits per heavy atom. The number of phenols is 1. The number of methoxy groups -OCH3 is 1. The van der Waals surface area contributed by atoms with Crippen LogP contribution in [0.5, 0.6) is 11.5 Å². The van der Waals surface area contributed by atoms with Gasteiger partial charge in [-0.1, -0.05) is 83.8 Å². The second-order valence-corrected chi connectivity index (χ2v) is 30.3. The van der Waals surface area contributed by atoms with Gasteiger partial charge in [0, 0.05) is 49.8 Å². The van der Waals surface area contributed by atoms with Crippen LogP contribution < -0.4 is 48.1 Å². The number of aryl methyl sites for hydroxylation is 2. The number of dihydropyridines is 1. The summed E-state index contributed by atoms with van der Waals surface area (Å²) in [6.07, 6.45) is 25.7. The van der Waals surface area contributed by atoms with Crippen LogP contribution in [0.15, 0.2) is 125 Å². The number of ether oxygens (including phenoxy) is 1. The SMILES string of the molecule is CNC[C@@H]1C[C@]23[C@@H]4C[C@@]5(C[C@H]6[C@H]7CCNC[C@@H]7C[C@@H]7C=CCN[C@H]67)C[C@@H](CC[C@H]52)CC(=O)CC(=O)/C=C(\CO)c2cc(OC)c(O)cc2CC2=CNC(N)C=C2[C@H](Cc2cccc(CCc5ccccc5)c2)CC#CN=C(N)N[C@@H]2CC(=C5CCC[C@H](O)[C@H]5N4)[C@@H]3[C@@H]1C2. The number of phenolic OH excluding ortho intramolecular Hbond substituents is 1. The van der Waals surface area contributed by atoms with Crippen molar-refractivity contribution in [3.63, 3.8) is 0 Å². The fourth-order valence-corrected chi connectivity index (χ4v) is 21.9. The average molecular weight is 1260 g/mol. The zero-order valence-electron chi connectivity index (χ0n) is 54.8. The number of aliphatic hydroxyl groups is 2. The van der Waals surface area contributed by atoms with E-state index in [9.17, 15) is 24.9 Å². The quantitative estimate of drug-likeness (QED) is 0.0493. The molecule has 7 heterocycles. The first kappa shape index (κ1) is 64.0. The molecule has 6 aliphatic carbocycles. The van der Waals surface area contributed by atoms with Gasteiger partial charge in [-0.3, -0.25) is 9.59 Å². The number of piperidine rings is 1. The summed E-state index contributed by atoms with van der Waals surface area (Å²) < 4.78 is 5.69. The number of aliphatic imine (C=N–C) groups is 1. The molecule has 16 rings (SSSR count). The van der Waals surface area contributed by atoms with E-state index in [2.05, 4.69) is 118 Å². The third kappa shape index (κ3) is 12.8. The third-order valence-corrected chi connectivity index (χ3v) is 25.1. The van der Waals surface area contributed by atoms with Gasteiger partial charge in [-0.05, 0) is 275 Å². The van der Waals surface area contributed by atoms with Gasteiger partial charge in [0.25, 0.3) is 0 Å². The third-order valence-electron chi connectivity index (χ3n) is 25.1. The zero-order valence-corrected chi connectivity index (χ0v) is 54.8. The van der Waals surface area contributed by atoms with Crippen molar-refractivity contribution in [2.24, 2.45) is 86.5 Å². The van der Waals surface area contributed by atoms with E-state index in [1.54, 1.807) is 17.7 Å². The number of hydrogen-bond acceptors (Lipinski definition) is 15. The number of carbonyl (C=O) groups is 2. The van der Waals surface area contributed by atoms with Crippen LogP contribution in [0.1, 0.15) is 131 Å². The second kappa shape index (κ2) is 27.4. The van der Waals surface area contributed by atoms with E-state index < -0.39 is 18.9 Å². The molecule has 13 N–H and O–H groups in total. The molecule has 18 atom stereocenters. The first-order valence-corrected chi connectivity index (χ1v) is 35.6. The van der Waals surface area contributed by atoms with Gasteiger partial charge in [0.15, 0.2) is 17.3 Å². The minimum Gasteiger partial charge on any atom is -0.504 e. The van der Waals surface area contributed by atoms with E-state index in [0.29, 0.717) is 102 Å². The van der Waals surface area contributed by atoms with Crippen LogP contribution >= 0.6 is 0 Å². The van der Waals surface area contributed by atoms with Crippen molar-refractivity contribution in [2.45, 2.75) is 165 Å². The summed E-state index contributed by atoms with van der Waals surface area (Å²) in [4.78, 5) is 34.4. The molecule has 7 fully saturated rings. The van der Waals surface area contributed by atoms with E-state index in [0.717, 1.165) is 126 Å². The van der Waals surface area contributed by atoms with Crippen LogP contribution in [-0.4, -0.2) is 116 Å². The lowest BCUT2D eigenvalue weighted by Gasteiger charge is -2.56. The molecule has 0 radical (unpaired) electrons. The van der Waals surface area contributed by atoms with Crippen molar-refractivity contribution < 1.29 is 29.6 Å². The maximum atomic E-state index is 14.9. The first-order valence-electron chi connectivity index (χ1n) is 35.6. The predicted molar refractivity (Wildman–Crippen MR) is 366 cm³/mol. The summed E-state index contributed by atoms with van der Waals surface area (Å²) in [5.41, 5.74) is 23.9. The number of carbonyl (C=O) groups excluding carboxylic acids is 2. The number of aliphatic hydroxyl groups excluding tert-OH is 2. The Kier molecular flexibility index (Phi) is 18.9. The molecule has 3 aromatic rings. The van der Waals surface area contributed by atoms with E-state index in [1.165, 1.54) is 42.7 Å².